The molecule has 3 N–H and O–H groups in total. The number of aromatic nitrogens is 4. The summed E-state index contributed by atoms with van der Waals surface area (Å²) in [6.07, 6.45) is 7.06. The summed E-state index contributed by atoms with van der Waals surface area (Å²) in [6, 6.07) is 6.81. The summed E-state index contributed by atoms with van der Waals surface area (Å²) in [4.78, 5) is 14.1. The van der Waals surface area contributed by atoms with Gasteiger partial charge in [0.15, 0.2) is 0 Å². The van der Waals surface area contributed by atoms with Crippen molar-refractivity contribution in [1.29, 1.82) is 5.41 Å². The van der Waals surface area contributed by atoms with Crippen molar-refractivity contribution in [3.05, 3.63) is 75.5 Å². The lowest BCUT2D eigenvalue weighted by Crippen LogP contribution is -2.32. The summed E-state index contributed by atoms with van der Waals surface area (Å²) in [6.45, 7) is 9.34. The zero-order valence-electron chi connectivity index (χ0n) is 19.7. The van der Waals surface area contributed by atoms with Crippen LogP contribution in [0.3, 0.4) is 0 Å². The number of pyridine rings is 2. The predicted molar refractivity (Wildman–Crippen MR) is 137 cm³/mol. The number of nitrogens with one attached hydrogen (secondary N) is 3. The Morgan fingerprint density at radius 1 is 1.17 bits per heavy atom. The molecule has 176 valence electrons. The molecule has 0 atom stereocenters. The lowest BCUT2D eigenvalue weighted by atomic mass is 9.92. The predicted octanol–water partition coefficient (Wildman–Crippen LogP) is 3.23. The van der Waals surface area contributed by atoms with E-state index < -0.39 is 0 Å². The number of hydrogen-bond donors (Lipinski definition) is 3. The Balaban J connectivity index is 1.55. The smallest absolute Gasteiger partial charge is 0.144 e. The lowest BCUT2D eigenvalue weighted by Gasteiger charge is -2.25. The first-order valence-electron chi connectivity index (χ1n) is 11.5. The molecule has 7 nitrogen and oxygen atoms in total. The number of hydrogen-bond acceptors (Lipinski definition) is 6. The van der Waals surface area contributed by atoms with E-state index in [1.54, 1.807) is 19.2 Å². The standard InChI is InChI=1S/C27H26FN7/c1-4-17(26-12-21(29)18-13-30-10-9-23(18)34-26)11-25-15(2)5-7-22(33-25)19-14-31-35-27(19)24-8-6-20(28)16(3)32-24/h4-8,11,14,29-30H,2,9-10,12-13H2,1,3H3,(H,31,35)/b17-4+,25-11+,29-21?. The maximum absolute atomic E-state index is 13.7. The van der Waals surface area contributed by atoms with Gasteiger partial charge in [-0.05, 0) is 48.9 Å². The van der Waals surface area contributed by atoms with Crippen molar-refractivity contribution >= 4 is 24.1 Å². The van der Waals surface area contributed by atoms with Crippen molar-refractivity contribution in [2.75, 3.05) is 13.1 Å². The van der Waals surface area contributed by atoms with Crippen LogP contribution in [0.5, 0.6) is 0 Å². The molecule has 5 rings (SSSR count). The topological polar surface area (TPSA) is 103 Å². The molecule has 0 radical (unpaired) electrons. The first-order valence-corrected chi connectivity index (χ1v) is 11.5. The summed E-state index contributed by atoms with van der Waals surface area (Å²) in [5, 5.41) is 20.6. The molecule has 35 heavy (non-hydrogen) atoms. The highest BCUT2D eigenvalue weighted by Crippen LogP contribution is 2.28. The van der Waals surface area contributed by atoms with E-state index in [2.05, 4.69) is 27.1 Å². The normalized spacial score (nSPS) is 17.0. The molecular weight excluding hydrogens is 441 g/mol. The Morgan fingerprint density at radius 2 is 2.00 bits per heavy atom. The van der Waals surface area contributed by atoms with Crippen molar-refractivity contribution in [2.24, 2.45) is 4.99 Å². The maximum Gasteiger partial charge on any atom is 0.144 e. The van der Waals surface area contributed by atoms with Gasteiger partial charge >= 0.3 is 0 Å². The van der Waals surface area contributed by atoms with Crippen LogP contribution in [-0.4, -0.2) is 44.7 Å². The van der Waals surface area contributed by atoms with Crippen LogP contribution in [0, 0.1) is 18.2 Å². The van der Waals surface area contributed by atoms with Crippen LogP contribution in [0.15, 0.2) is 58.4 Å². The Kier molecular flexibility index (Phi) is 6.05. The van der Waals surface area contributed by atoms with Gasteiger partial charge in [0.05, 0.1) is 28.1 Å². The van der Waals surface area contributed by atoms with Gasteiger partial charge in [0.1, 0.15) is 11.5 Å². The number of halogens is 1. The fraction of sp³-hybridized carbons (Fsp3) is 0.222. The molecular formula is C27H26FN7. The molecule has 0 saturated carbocycles. The second-order valence-corrected chi connectivity index (χ2v) is 8.61. The van der Waals surface area contributed by atoms with Crippen LogP contribution in [0.2, 0.25) is 0 Å². The van der Waals surface area contributed by atoms with E-state index in [1.807, 2.05) is 31.2 Å². The quantitative estimate of drug-likeness (QED) is 0.548. The van der Waals surface area contributed by atoms with Gasteiger partial charge < -0.3 is 10.7 Å². The SMILES string of the molecule is C=c1ccc(-c2c[nH]nc2-c2ccc(F)c(C)n2)n/c1=C/C(=C\C)C1=NC2=C(CNCC2)C(=N)C1. The molecule has 2 aliphatic rings. The van der Waals surface area contributed by atoms with E-state index in [0.717, 1.165) is 46.3 Å². The number of allylic oxidation sites excluding steroid dienone is 2. The summed E-state index contributed by atoms with van der Waals surface area (Å²) in [5.41, 5.74) is 7.40. The number of aliphatic imine (C=N–C) groups is 1. The molecule has 2 aliphatic heterocycles. The van der Waals surface area contributed by atoms with E-state index >= 15 is 0 Å². The molecule has 0 aromatic carbocycles. The fourth-order valence-corrected chi connectivity index (χ4v) is 4.34. The Bertz CT molecular complexity index is 1540. The van der Waals surface area contributed by atoms with Crippen molar-refractivity contribution in [3.63, 3.8) is 0 Å². The zero-order valence-corrected chi connectivity index (χ0v) is 19.7. The van der Waals surface area contributed by atoms with Crippen LogP contribution < -0.4 is 15.9 Å². The number of aryl methyl sites for hydroxylation is 1. The number of H-pyrrole nitrogens is 1. The monoisotopic (exact) mass is 467 g/mol. The van der Waals surface area contributed by atoms with E-state index in [4.69, 9.17) is 15.4 Å². The van der Waals surface area contributed by atoms with Gasteiger partial charge in [0.25, 0.3) is 0 Å². The third kappa shape index (κ3) is 4.40. The average Bonchev–Trinajstić information content (AvgIpc) is 3.35. The second kappa shape index (κ2) is 9.31. The highest BCUT2D eigenvalue weighted by molar-refractivity contribution is 6.21. The van der Waals surface area contributed by atoms with Gasteiger partial charge in [-0.15, -0.1) is 0 Å². The molecule has 3 aromatic rings. The third-order valence-electron chi connectivity index (χ3n) is 6.30. The molecule has 0 unspecified atom stereocenters. The van der Waals surface area contributed by atoms with E-state index in [9.17, 15) is 4.39 Å². The second-order valence-electron chi connectivity index (χ2n) is 8.61. The summed E-state index contributed by atoms with van der Waals surface area (Å²) >= 11 is 0. The fourth-order valence-electron chi connectivity index (χ4n) is 4.34. The summed E-state index contributed by atoms with van der Waals surface area (Å²) < 4.78 is 13.7. The minimum absolute atomic E-state index is 0.315. The van der Waals surface area contributed by atoms with Crippen LogP contribution >= 0.6 is 0 Å². The van der Waals surface area contributed by atoms with E-state index in [-0.39, 0.29) is 5.82 Å². The van der Waals surface area contributed by atoms with Gasteiger partial charge in [0, 0.05) is 54.7 Å². The zero-order chi connectivity index (χ0) is 24.5. The number of aromatic amines is 1. The first-order chi connectivity index (χ1) is 16.9. The molecule has 0 aliphatic carbocycles. The van der Waals surface area contributed by atoms with Crippen molar-refractivity contribution < 1.29 is 4.39 Å². The van der Waals surface area contributed by atoms with Gasteiger partial charge in [0.2, 0.25) is 0 Å². The van der Waals surface area contributed by atoms with Gasteiger partial charge in [-0.1, -0.05) is 18.7 Å². The van der Waals surface area contributed by atoms with Crippen LogP contribution in [-0.2, 0) is 0 Å². The van der Waals surface area contributed by atoms with Gasteiger partial charge in [-0.25, -0.2) is 14.4 Å². The van der Waals surface area contributed by atoms with Crippen LogP contribution in [0.4, 0.5) is 4.39 Å². The minimum atomic E-state index is -0.354. The third-order valence-corrected chi connectivity index (χ3v) is 6.30. The van der Waals surface area contributed by atoms with Crippen molar-refractivity contribution in [1.82, 2.24) is 25.5 Å². The minimum Gasteiger partial charge on any atom is -0.312 e. The summed E-state index contributed by atoms with van der Waals surface area (Å²) in [7, 11) is 0. The van der Waals surface area contributed by atoms with E-state index in [1.165, 1.54) is 6.07 Å². The molecule has 5 heterocycles. The Labute approximate surface area is 202 Å². The highest BCUT2D eigenvalue weighted by Gasteiger charge is 2.23. The molecule has 8 heteroatoms. The molecule has 0 fully saturated rings. The average molecular weight is 468 g/mol. The summed E-state index contributed by atoms with van der Waals surface area (Å²) in [5.74, 6) is -0.354. The lowest BCUT2D eigenvalue weighted by molar-refractivity contribution is 0.610. The molecule has 3 aromatic heterocycles. The molecule has 0 bridgehead atoms. The van der Waals surface area contributed by atoms with Crippen LogP contribution in [0.25, 0.3) is 35.3 Å². The number of rotatable bonds is 4. The molecule has 0 saturated heterocycles. The van der Waals surface area contributed by atoms with E-state index in [0.29, 0.717) is 46.8 Å². The Morgan fingerprint density at radius 3 is 2.80 bits per heavy atom. The highest BCUT2D eigenvalue weighted by atomic mass is 19.1. The molecule has 0 amide bonds. The van der Waals surface area contributed by atoms with Crippen molar-refractivity contribution in [3.8, 4) is 22.6 Å². The maximum atomic E-state index is 13.7. The van der Waals surface area contributed by atoms with Crippen LogP contribution in [0.1, 0.15) is 25.5 Å². The Hall–Kier alpha value is -4.04. The number of nitrogens with zero attached hydrogens (tertiary/aromatic N) is 4. The van der Waals surface area contributed by atoms with Crippen molar-refractivity contribution in [2.45, 2.75) is 26.7 Å². The van der Waals surface area contributed by atoms with Gasteiger partial charge in [-0.2, -0.15) is 5.10 Å². The largest absolute Gasteiger partial charge is 0.312 e. The first kappa shape index (κ1) is 22.7. The molecule has 0 spiro atoms. The van der Waals surface area contributed by atoms with Gasteiger partial charge in [-0.3, -0.25) is 10.1 Å².